The predicted molar refractivity (Wildman–Crippen MR) is 74.5 cm³/mol. The third kappa shape index (κ3) is 3.55. The van der Waals surface area contributed by atoms with Crippen molar-refractivity contribution < 1.29 is 4.74 Å². The normalized spacial score (nSPS) is 24.1. The molecule has 0 bridgehead atoms. The van der Waals surface area contributed by atoms with Crippen LogP contribution in [-0.2, 0) is 17.7 Å². The Morgan fingerprint density at radius 1 is 1.33 bits per heavy atom. The average molecular weight is 248 g/mol. The van der Waals surface area contributed by atoms with E-state index < -0.39 is 0 Å². The Balaban J connectivity index is 1.84. The maximum absolute atomic E-state index is 5.75. The third-order valence-corrected chi connectivity index (χ3v) is 3.72. The lowest BCUT2D eigenvalue weighted by Crippen LogP contribution is -2.49. The first-order chi connectivity index (χ1) is 8.73. The molecule has 1 aromatic rings. The fourth-order valence-corrected chi connectivity index (χ4v) is 2.57. The van der Waals surface area contributed by atoms with Crippen LogP contribution in [0.15, 0.2) is 24.3 Å². The number of hydrogen-bond acceptors (Lipinski definition) is 3. The van der Waals surface area contributed by atoms with E-state index >= 15 is 0 Å². The number of ether oxygens (including phenoxy) is 1. The van der Waals surface area contributed by atoms with Crippen LogP contribution in [0, 0.1) is 0 Å². The minimum absolute atomic E-state index is 0.149. The second-order valence-electron chi connectivity index (χ2n) is 5.37. The zero-order chi connectivity index (χ0) is 12.8. The van der Waals surface area contributed by atoms with Gasteiger partial charge in [0.25, 0.3) is 0 Å². The van der Waals surface area contributed by atoms with Crippen LogP contribution in [0.1, 0.15) is 30.9 Å². The van der Waals surface area contributed by atoms with E-state index in [0.717, 1.165) is 32.6 Å². The molecule has 0 aliphatic carbocycles. The highest BCUT2D eigenvalue weighted by molar-refractivity contribution is 5.27. The second kappa shape index (κ2) is 6.32. The molecule has 3 N–H and O–H groups in total. The van der Waals surface area contributed by atoms with Crippen molar-refractivity contribution in [3.8, 4) is 0 Å². The van der Waals surface area contributed by atoms with Crippen LogP contribution in [0.5, 0.6) is 0 Å². The van der Waals surface area contributed by atoms with Gasteiger partial charge in [-0.2, -0.15) is 0 Å². The van der Waals surface area contributed by atoms with E-state index in [4.69, 9.17) is 10.5 Å². The number of nitrogens with two attached hydrogens (primary N) is 1. The highest BCUT2D eigenvalue weighted by Crippen LogP contribution is 2.18. The van der Waals surface area contributed by atoms with Gasteiger partial charge in [-0.15, -0.1) is 0 Å². The molecule has 100 valence electrons. The summed E-state index contributed by atoms with van der Waals surface area (Å²) >= 11 is 0. The number of rotatable bonds is 5. The molecular weight excluding hydrogens is 224 g/mol. The molecule has 0 radical (unpaired) electrons. The van der Waals surface area contributed by atoms with E-state index in [-0.39, 0.29) is 5.54 Å². The fourth-order valence-electron chi connectivity index (χ4n) is 2.57. The summed E-state index contributed by atoms with van der Waals surface area (Å²) in [6, 6.07) is 8.42. The van der Waals surface area contributed by atoms with Crippen molar-refractivity contribution in [2.45, 2.75) is 38.3 Å². The van der Waals surface area contributed by atoms with Crippen molar-refractivity contribution in [2.24, 2.45) is 5.73 Å². The molecule has 1 aromatic carbocycles. The summed E-state index contributed by atoms with van der Waals surface area (Å²) in [6.45, 7) is 5.59. The van der Waals surface area contributed by atoms with Gasteiger partial charge in [-0.25, -0.2) is 0 Å². The van der Waals surface area contributed by atoms with Crippen LogP contribution in [0.4, 0.5) is 0 Å². The van der Waals surface area contributed by atoms with E-state index in [9.17, 15) is 0 Å². The van der Waals surface area contributed by atoms with Gasteiger partial charge in [-0.05, 0) is 43.9 Å². The summed E-state index contributed by atoms with van der Waals surface area (Å²) in [5, 5.41) is 3.63. The first-order valence-corrected chi connectivity index (χ1v) is 6.83. The van der Waals surface area contributed by atoms with Crippen LogP contribution >= 0.6 is 0 Å². The van der Waals surface area contributed by atoms with Crippen molar-refractivity contribution in [1.29, 1.82) is 0 Å². The molecule has 2 rings (SSSR count). The van der Waals surface area contributed by atoms with Gasteiger partial charge in [0.05, 0.1) is 6.61 Å². The van der Waals surface area contributed by atoms with Crippen LogP contribution in [-0.4, -0.2) is 25.3 Å². The number of nitrogens with one attached hydrogen (secondary N) is 1. The number of benzene rings is 1. The topological polar surface area (TPSA) is 47.3 Å². The lowest BCUT2D eigenvalue weighted by molar-refractivity contribution is 0.0289. The summed E-state index contributed by atoms with van der Waals surface area (Å²) in [6.07, 6.45) is 3.39. The quantitative estimate of drug-likeness (QED) is 0.836. The zero-order valence-corrected chi connectivity index (χ0v) is 11.2. The largest absolute Gasteiger partial charge is 0.380 e. The Hall–Kier alpha value is -0.900. The van der Waals surface area contributed by atoms with Gasteiger partial charge in [0.15, 0.2) is 0 Å². The van der Waals surface area contributed by atoms with Crippen LogP contribution < -0.4 is 11.1 Å². The highest BCUT2D eigenvalue weighted by atomic mass is 16.5. The predicted octanol–water partition coefficient (Wildman–Crippen LogP) is 1.85. The smallest absolute Gasteiger partial charge is 0.0645 e. The molecule has 1 saturated heterocycles. The van der Waals surface area contributed by atoms with Crippen LogP contribution in [0.2, 0.25) is 0 Å². The van der Waals surface area contributed by atoms with Crippen molar-refractivity contribution in [1.82, 2.24) is 5.32 Å². The van der Waals surface area contributed by atoms with Crippen molar-refractivity contribution in [2.75, 3.05) is 19.8 Å². The van der Waals surface area contributed by atoms with E-state index in [2.05, 4.69) is 36.5 Å². The van der Waals surface area contributed by atoms with Crippen LogP contribution in [0.25, 0.3) is 0 Å². The summed E-state index contributed by atoms with van der Waals surface area (Å²) in [5.74, 6) is 0. The molecule has 3 nitrogen and oxygen atoms in total. The molecule has 3 heteroatoms. The van der Waals surface area contributed by atoms with Crippen molar-refractivity contribution in [3.63, 3.8) is 0 Å². The van der Waals surface area contributed by atoms with E-state index in [1.54, 1.807) is 0 Å². The maximum atomic E-state index is 5.75. The molecule has 1 fully saturated rings. The summed E-state index contributed by atoms with van der Waals surface area (Å²) < 4.78 is 5.55. The number of hydrogen-bond donors (Lipinski definition) is 2. The zero-order valence-electron chi connectivity index (χ0n) is 11.2. The molecule has 18 heavy (non-hydrogen) atoms. The van der Waals surface area contributed by atoms with Crippen molar-refractivity contribution in [3.05, 3.63) is 35.4 Å². The standard InChI is InChI=1S/C15H24N2O/c1-15(8-4-10-18-12-15)17-9-7-13-5-2-3-6-14(13)11-16/h2-3,5-6,17H,4,7-12,16H2,1H3. The third-order valence-electron chi connectivity index (χ3n) is 3.72. The molecule has 1 aliphatic heterocycles. The summed E-state index contributed by atoms with van der Waals surface area (Å²) in [5.41, 5.74) is 8.51. The van der Waals surface area contributed by atoms with Gasteiger partial charge in [0, 0.05) is 18.7 Å². The van der Waals surface area contributed by atoms with Gasteiger partial charge in [0.2, 0.25) is 0 Å². The highest BCUT2D eigenvalue weighted by Gasteiger charge is 2.26. The van der Waals surface area contributed by atoms with E-state index in [1.807, 2.05) is 0 Å². The molecule has 0 spiro atoms. The van der Waals surface area contributed by atoms with Gasteiger partial charge >= 0.3 is 0 Å². The Kier molecular flexibility index (Phi) is 4.75. The Morgan fingerprint density at radius 3 is 2.78 bits per heavy atom. The monoisotopic (exact) mass is 248 g/mol. The first kappa shape index (κ1) is 13.5. The Labute approximate surface area is 110 Å². The molecular formula is C15H24N2O. The van der Waals surface area contributed by atoms with Gasteiger partial charge < -0.3 is 15.8 Å². The van der Waals surface area contributed by atoms with Crippen LogP contribution in [0.3, 0.4) is 0 Å². The van der Waals surface area contributed by atoms with Gasteiger partial charge in [-0.1, -0.05) is 24.3 Å². The van der Waals surface area contributed by atoms with Gasteiger partial charge in [0.1, 0.15) is 0 Å². The van der Waals surface area contributed by atoms with E-state index in [1.165, 1.54) is 17.5 Å². The maximum Gasteiger partial charge on any atom is 0.0645 e. The lowest BCUT2D eigenvalue weighted by Gasteiger charge is -2.34. The molecule has 1 heterocycles. The molecule has 1 aliphatic rings. The van der Waals surface area contributed by atoms with Gasteiger partial charge in [-0.3, -0.25) is 0 Å². The second-order valence-corrected chi connectivity index (χ2v) is 5.37. The SMILES string of the molecule is CC1(NCCc2ccccc2CN)CCCOC1. The summed E-state index contributed by atoms with van der Waals surface area (Å²) in [4.78, 5) is 0. The van der Waals surface area contributed by atoms with Crippen molar-refractivity contribution >= 4 is 0 Å². The Morgan fingerprint density at radius 2 is 2.11 bits per heavy atom. The summed E-state index contributed by atoms with van der Waals surface area (Å²) in [7, 11) is 0. The van der Waals surface area contributed by atoms with E-state index in [0.29, 0.717) is 6.54 Å². The Bertz CT molecular complexity index is 373. The minimum Gasteiger partial charge on any atom is -0.380 e. The molecule has 0 aromatic heterocycles. The minimum atomic E-state index is 0.149. The molecule has 0 saturated carbocycles. The molecule has 1 atom stereocenters. The fraction of sp³-hybridized carbons (Fsp3) is 0.600. The molecule has 0 amide bonds. The first-order valence-electron chi connectivity index (χ1n) is 6.83. The lowest BCUT2D eigenvalue weighted by atomic mass is 9.94. The average Bonchev–Trinajstić information content (AvgIpc) is 2.40. The molecule has 1 unspecified atom stereocenters.